The number of Topliss-reactive ketones (excluding diaryl/α,β-unsaturated/α-hetero) is 1. The van der Waals surface area contributed by atoms with Gasteiger partial charge in [0, 0.05) is 42.2 Å². The van der Waals surface area contributed by atoms with Crippen LogP contribution in [-0.4, -0.2) is 40.9 Å². The molecule has 1 aliphatic rings. The first-order chi connectivity index (χ1) is 14.1. The lowest BCUT2D eigenvalue weighted by Crippen LogP contribution is -2.51. The summed E-state index contributed by atoms with van der Waals surface area (Å²) >= 11 is 5.98. The Labute approximate surface area is 180 Å². The standard InChI is InChI=1S/C22H26ClN3O4/c1-13-17(20(28)24-16-7-5-6-15(23)12-16)14(2)26(4)18(13)19(27)21(29)25-22(3)8-10-30-11-9-22/h5-7,12H,8-11H2,1-4H3,(H,24,28)(H,25,29). The topological polar surface area (TPSA) is 89.4 Å². The average Bonchev–Trinajstić information content (AvgIpc) is 2.90. The molecule has 1 fully saturated rings. The van der Waals surface area contributed by atoms with Crippen molar-refractivity contribution in [2.24, 2.45) is 7.05 Å². The molecule has 0 saturated carbocycles. The highest BCUT2D eigenvalue weighted by molar-refractivity contribution is 6.43. The van der Waals surface area contributed by atoms with Crippen LogP contribution in [0.15, 0.2) is 24.3 Å². The zero-order chi connectivity index (χ0) is 22.1. The molecule has 3 rings (SSSR count). The molecule has 0 bridgehead atoms. The Kier molecular flexibility index (Phi) is 6.33. The van der Waals surface area contributed by atoms with Crippen molar-refractivity contribution in [3.05, 3.63) is 51.8 Å². The lowest BCUT2D eigenvalue weighted by atomic mass is 9.92. The summed E-state index contributed by atoms with van der Waals surface area (Å²) in [5, 5.41) is 6.16. The number of rotatable bonds is 5. The summed E-state index contributed by atoms with van der Waals surface area (Å²) in [6.07, 6.45) is 1.29. The van der Waals surface area contributed by atoms with Gasteiger partial charge in [0.05, 0.1) is 11.3 Å². The first-order valence-corrected chi connectivity index (χ1v) is 10.2. The first kappa shape index (κ1) is 22.1. The Morgan fingerprint density at radius 1 is 1.17 bits per heavy atom. The molecule has 1 aromatic carbocycles. The molecule has 2 heterocycles. The van der Waals surface area contributed by atoms with Gasteiger partial charge >= 0.3 is 0 Å². The van der Waals surface area contributed by atoms with Crippen molar-refractivity contribution in [1.29, 1.82) is 0 Å². The van der Waals surface area contributed by atoms with Gasteiger partial charge in [-0.2, -0.15) is 0 Å². The number of ketones is 1. The van der Waals surface area contributed by atoms with Crippen molar-refractivity contribution in [2.75, 3.05) is 18.5 Å². The molecule has 1 aliphatic heterocycles. The van der Waals surface area contributed by atoms with Crippen LogP contribution in [0.3, 0.4) is 0 Å². The Morgan fingerprint density at radius 2 is 1.83 bits per heavy atom. The molecule has 0 unspecified atom stereocenters. The van der Waals surface area contributed by atoms with Crippen LogP contribution >= 0.6 is 11.6 Å². The van der Waals surface area contributed by atoms with Gasteiger partial charge in [-0.05, 0) is 57.4 Å². The minimum Gasteiger partial charge on any atom is -0.381 e. The number of carbonyl (C=O) groups excluding carboxylic acids is 3. The Hall–Kier alpha value is -2.64. The highest BCUT2D eigenvalue weighted by Gasteiger charge is 2.34. The van der Waals surface area contributed by atoms with Crippen LogP contribution in [0.4, 0.5) is 5.69 Å². The number of ether oxygens (including phenoxy) is 1. The Balaban J connectivity index is 1.85. The number of halogens is 1. The summed E-state index contributed by atoms with van der Waals surface area (Å²) in [5.41, 5.74) is 1.70. The Bertz CT molecular complexity index is 1010. The number of nitrogens with zero attached hydrogens (tertiary/aromatic N) is 1. The summed E-state index contributed by atoms with van der Waals surface area (Å²) in [7, 11) is 1.68. The van der Waals surface area contributed by atoms with E-state index in [0.717, 1.165) is 0 Å². The monoisotopic (exact) mass is 431 g/mol. The maximum absolute atomic E-state index is 13.0. The van der Waals surface area contributed by atoms with E-state index >= 15 is 0 Å². The lowest BCUT2D eigenvalue weighted by Gasteiger charge is -2.34. The van der Waals surface area contributed by atoms with E-state index in [0.29, 0.717) is 53.6 Å². The molecular weight excluding hydrogens is 406 g/mol. The number of carbonyl (C=O) groups is 3. The second-order valence-electron chi connectivity index (χ2n) is 7.91. The Morgan fingerprint density at radius 3 is 2.47 bits per heavy atom. The van der Waals surface area contributed by atoms with E-state index < -0.39 is 17.2 Å². The summed E-state index contributed by atoms with van der Waals surface area (Å²) in [6, 6.07) is 6.82. The summed E-state index contributed by atoms with van der Waals surface area (Å²) in [6.45, 7) is 6.42. The normalized spacial score (nSPS) is 15.5. The second-order valence-corrected chi connectivity index (χ2v) is 8.35. The quantitative estimate of drug-likeness (QED) is 0.560. The fraction of sp³-hybridized carbons (Fsp3) is 0.409. The molecular formula is C22H26ClN3O4. The maximum Gasteiger partial charge on any atom is 0.294 e. The fourth-order valence-electron chi connectivity index (χ4n) is 3.78. The van der Waals surface area contributed by atoms with Crippen molar-refractivity contribution in [2.45, 2.75) is 39.2 Å². The molecule has 0 spiro atoms. The molecule has 2 amide bonds. The molecule has 0 atom stereocenters. The molecule has 7 nitrogen and oxygen atoms in total. The van der Waals surface area contributed by atoms with Crippen LogP contribution in [0.25, 0.3) is 0 Å². The SMILES string of the molecule is Cc1c(C(=O)Nc2cccc(Cl)c2)c(C)n(C)c1C(=O)C(=O)NC1(C)CCOCC1. The fourth-order valence-corrected chi connectivity index (χ4v) is 3.97. The van der Waals surface area contributed by atoms with E-state index in [-0.39, 0.29) is 11.6 Å². The zero-order valence-electron chi connectivity index (χ0n) is 17.6. The number of anilines is 1. The van der Waals surface area contributed by atoms with Gasteiger partial charge in [-0.15, -0.1) is 0 Å². The number of hydrogen-bond acceptors (Lipinski definition) is 4. The van der Waals surface area contributed by atoms with Gasteiger partial charge in [-0.3, -0.25) is 14.4 Å². The summed E-state index contributed by atoms with van der Waals surface area (Å²) in [5.74, 6) is -1.70. The van der Waals surface area contributed by atoms with E-state index in [1.54, 1.807) is 49.7 Å². The van der Waals surface area contributed by atoms with Gasteiger partial charge in [0.15, 0.2) is 0 Å². The molecule has 30 heavy (non-hydrogen) atoms. The van der Waals surface area contributed by atoms with Gasteiger partial charge in [-0.25, -0.2) is 0 Å². The molecule has 8 heteroatoms. The largest absolute Gasteiger partial charge is 0.381 e. The molecule has 0 aliphatic carbocycles. The van der Waals surface area contributed by atoms with Crippen LogP contribution in [0.2, 0.25) is 5.02 Å². The van der Waals surface area contributed by atoms with Crippen molar-refractivity contribution in [3.8, 4) is 0 Å². The third-order valence-corrected chi connectivity index (χ3v) is 5.91. The number of amides is 2. The van der Waals surface area contributed by atoms with Crippen molar-refractivity contribution < 1.29 is 19.1 Å². The van der Waals surface area contributed by atoms with Crippen LogP contribution in [0, 0.1) is 13.8 Å². The van der Waals surface area contributed by atoms with Crippen molar-refractivity contribution >= 4 is 34.9 Å². The van der Waals surface area contributed by atoms with Gasteiger partial charge in [0.1, 0.15) is 0 Å². The molecule has 2 aromatic rings. The van der Waals surface area contributed by atoms with Gasteiger partial charge in [0.25, 0.3) is 17.6 Å². The molecule has 2 N–H and O–H groups in total. The van der Waals surface area contributed by atoms with E-state index in [4.69, 9.17) is 16.3 Å². The smallest absolute Gasteiger partial charge is 0.294 e. The number of hydrogen-bond donors (Lipinski definition) is 2. The minimum absolute atomic E-state index is 0.205. The minimum atomic E-state index is -0.676. The zero-order valence-corrected chi connectivity index (χ0v) is 18.4. The van der Waals surface area contributed by atoms with E-state index in [9.17, 15) is 14.4 Å². The third-order valence-electron chi connectivity index (χ3n) is 5.67. The van der Waals surface area contributed by atoms with Gasteiger partial charge in [-0.1, -0.05) is 17.7 Å². The molecule has 0 radical (unpaired) electrons. The predicted octanol–water partition coefficient (Wildman–Crippen LogP) is 3.42. The van der Waals surface area contributed by atoms with E-state index in [1.165, 1.54) is 0 Å². The van der Waals surface area contributed by atoms with Crippen LogP contribution < -0.4 is 10.6 Å². The number of benzene rings is 1. The summed E-state index contributed by atoms with van der Waals surface area (Å²) < 4.78 is 6.93. The highest BCUT2D eigenvalue weighted by atomic mass is 35.5. The second kappa shape index (κ2) is 8.62. The number of aromatic nitrogens is 1. The van der Waals surface area contributed by atoms with Crippen molar-refractivity contribution in [3.63, 3.8) is 0 Å². The molecule has 1 aromatic heterocycles. The van der Waals surface area contributed by atoms with Crippen LogP contribution in [-0.2, 0) is 16.6 Å². The third kappa shape index (κ3) is 4.42. The average molecular weight is 432 g/mol. The first-order valence-electron chi connectivity index (χ1n) is 9.80. The van der Waals surface area contributed by atoms with Gasteiger partial charge in [0.2, 0.25) is 0 Å². The predicted molar refractivity (Wildman–Crippen MR) is 115 cm³/mol. The van der Waals surface area contributed by atoms with Crippen LogP contribution in [0.5, 0.6) is 0 Å². The van der Waals surface area contributed by atoms with Crippen LogP contribution in [0.1, 0.15) is 51.9 Å². The maximum atomic E-state index is 13.0. The molecule has 160 valence electrons. The lowest BCUT2D eigenvalue weighted by molar-refractivity contribution is -0.119. The van der Waals surface area contributed by atoms with E-state index in [2.05, 4.69) is 10.6 Å². The highest BCUT2D eigenvalue weighted by Crippen LogP contribution is 2.25. The van der Waals surface area contributed by atoms with Gasteiger partial charge < -0.3 is 19.9 Å². The van der Waals surface area contributed by atoms with E-state index in [1.807, 2.05) is 6.92 Å². The van der Waals surface area contributed by atoms with Crippen molar-refractivity contribution in [1.82, 2.24) is 9.88 Å². The molecule has 1 saturated heterocycles. The number of nitrogens with one attached hydrogen (secondary N) is 2. The summed E-state index contributed by atoms with van der Waals surface area (Å²) in [4.78, 5) is 38.6.